The SMILES string of the molecule is CCNC(=O)NC(=O)[C@@H](OC(=O)c1ccc(Cl)nc1)c1ccccc1. The summed E-state index contributed by atoms with van der Waals surface area (Å²) in [5, 5.41) is 4.81. The van der Waals surface area contributed by atoms with Gasteiger partial charge in [0.25, 0.3) is 5.91 Å². The molecule has 0 bridgehead atoms. The fraction of sp³-hybridized carbons (Fsp3) is 0.176. The van der Waals surface area contributed by atoms with Crippen LogP contribution in [0.4, 0.5) is 4.79 Å². The quantitative estimate of drug-likeness (QED) is 0.629. The largest absolute Gasteiger partial charge is 0.444 e. The third-order valence-corrected chi connectivity index (χ3v) is 3.33. The minimum atomic E-state index is -1.29. The van der Waals surface area contributed by atoms with Gasteiger partial charge in [-0.2, -0.15) is 0 Å². The van der Waals surface area contributed by atoms with Gasteiger partial charge in [0.1, 0.15) is 5.15 Å². The van der Waals surface area contributed by atoms with Crippen molar-refractivity contribution < 1.29 is 19.1 Å². The van der Waals surface area contributed by atoms with Crippen molar-refractivity contribution in [3.05, 3.63) is 64.9 Å². The van der Waals surface area contributed by atoms with E-state index in [4.69, 9.17) is 16.3 Å². The first kappa shape index (κ1) is 18.4. The van der Waals surface area contributed by atoms with E-state index in [9.17, 15) is 14.4 Å². The van der Waals surface area contributed by atoms with Crippen LogP contribution < -0.4 is 10.6 Å². The highest BCUT2D eigenvalue weighted by atomic mass is 35.5. The van der Waals surface area contributed by atoms with Crippen LogP contribution in [0.5, 0.6) is 0 Å². The average molecular weight is 362 g/mol. The number of carbonyl (C=O) groups is 3. The fourth-order valence-corrected chi connectivity index (χ4v) is 2.07. The molecule has 0 unspecified atom stereocenters. The Morgan fingerprint density at radius 2 is 1.88 bits per heavy atom. The maximum atomic E-state index is 12.4. The third kappa shape index (κ3) is 5.29. The zero-order chi connectivity index (χ0) is 18.2. The van der Waals surface area contributed by atoms with Gasteiger partial charge in [-0.15, -0.1) is 0 Å². The van der Waals surface area contributed by atoms with Crippen molar-refractivity contribution in [3.63, 3.8) is 0 Å². The van der Waals surface area contributed by atoms with E-state index in [2.05, 4.69) is 15.6 Å². The molecule has 1 atom stereocenters. The molecule has 2 rings (SSSR count). The monoisotopic (exact) mass is 361 g/mol. The minimum absolute atomic E-state index is 0.135. The van der Waals surface area contributed by atoms with Gasteiger partial charge in [-0.1, -0.05) is 41.9 Å². The van der Waals surface area contributed by atoms with Crippen LogP contribution in [-0.2, 0) is 9.53 Å². The number of imide groups is 1. The summed E-state index contributed by atoms with van der Waals surface area (Å²) in [5.41, 5.74) is 0.565. The van der Waals surface area contributed by atoms with Crippen molar-refractivity contribution >= 4 is 29.5 Å². The second kappa shape index (κ2) is 8.79. The van der Waals surface area contributed by atoms with Gasteiger partial charge in [0.15, 0.2) is 0 Å². The number of aromatic nitrogens is 1. The Bertz CT molecular complexity index is 750. The van der Waals surface area contributed by atoms with E-state index >= 15 is 0 Å². The molecule has 0 aliphatic carbocycles. The molecule has 0 fully saturated rings. The Hall–Kier alpha value is -2.93. The minimum Gasteiger partial charge on any atom is -0.444 e. The molecule has 130 valence electrons. The molecule has 1 aromatic heterocycles. The lowest BCUT2D eigenvalue weighted by molar-refractivity contribution is -0.129. The van der Waals surface area contributed by atoms with Gasteiger partial charge in [0.2, 0.25) is 6.10 Å². The Balaban J connectivity index is 2.20. The summed E-state index contributed by atoms with van der Waals surface area (Å²) < 4.78 is 5.29. The van der Waals surface area contributed by atoms with Crippen LogP contribution in [0.25, 0.3) is 0 Å². The third-order valence-electron chi connectivity index (χ3n) is 3.10. The summed E-state index contributed by atoms with van der Waals surface area (Å²) >= 11 is 5.68. The molecule has 7 nitrogen and oxygen atoms in total. The smallest absolute Gasteiger partial charge is 0.340 e. The lowest BCUT2D eigenvalue weighted by Gasteiger charge is -2.17. The molecule has 3 amide bonds. The number of nitrogens with zero attached hydrogens (tertiary/aromatic N) is 1. The molecule has 1 aromatic carbocycles. The second-order valence-electron chi connectivity index (χ2n) is 4.91. The molecular formula is C17H16ClN3O4. The highest BCUT2D eigenvalue weighted by molar-refractivity contribution is 6.29. The second-order valence-corrected chi connectivity index (χ2v) is 5.30. The topological polar surface area (TPSA) is 97.4 Å². The maximum absolute atomic E-state index is 12.4. The van der Waals surface area contributed by atoms with Crippen LogP contribution >= 0.6 is 11.6 Å². The number of halogens is 1. The number of ether oxygens (including phenoxy) is 1. The predicted octanol–water partition coefficient (Wildman–Crippen LogP) is 2.48. The number of amides is 3. The number of pyridine rings is 1. The van der Waals surface area contributed by atoms with Gasteiger partial charge < -0.3 is 10.1 Å². The van der Waals surface area contributed by atoms with E-state index in [-0.39, 0.29) is 10.7 Å². The summed E-state index contributed by atoms with van der Waals surface area (Å²) in [6.07, 6.45) is -0.0407. The van der Waals surface area contributed by atoms with E-state index in [1.807, 2.05) is 0 Å². The summed E-state index contributed by atoms with van der Waals surface area (Å²) in [7, 11) is 0. The zero-order valence-electron chi connectivity index (χ0n) is 13.4. The van der Waals surface area contributed by atoms with E-state index in [1.165, 1.54) is 18.3 Å². The zero-order valence-corrected chi connectivity index (χ0v) is 14.1. The van der Waals surface area contributed by atoms with Gasteiger partial charge in [0, 0.05) is 18.3 Å². The normalized spacial score (nSPS) is 11.3. The number of esters is 1. The Morgan fingerprint density at radius 1 is 1.16 bits per heavy atom. The molecule has 2 N–H and O–H groups in total. The van der Waals surface area contributed by atoms with Gasteiger partial charge >= 0.3 is 12.0 Å². The van der Waals surface area contributed by atoms with E-state index in [0.29, 0.717) is 12.1 Å². The highest BCUT2D eigenvalue weighted by Crippen LogP contribution is 2.20. The van der Waals surface area contributed by atoms with Crippen LogP contribution in [0.2, 0.25) is 5.15 Å². The van der Waals surface area contributed by atoms with Crippen LogP contribution in [-0.4, -0.2) is 29.4 Å². The lowest BCUT2D eigenvalue weighted by atomic mass is 10.1. The molecule has 2 aromatic rings. The molecule has 0 aliphatic heterocycles. The highest BCUT2D eigenvalue weighted by Gasteiger charge is 2.27. The van der Waals surface area contributed by atoms with Gasteiger partial charge in [-0.05, 0) is 19.1 Å². The van der Waals surface area contributed by atoms with Crippen molar-refractivity contribution in [3.8, 4) is 0 Å². The summed E-state index contributed by atoms with van der Waals surface area (Å²) in [6, 6.07) is 10.6. The predicted molar refractivity (Wildman–Crippen MR) is 91.1 cm³/mol. The van der Waals surface area contributed by atoms with Crippen LogP contribution in [0.3, 0.4) is 0 Å². The summed E-state index contributed by atoms with van der Waals surface area (Å²) in [5.74, 6) is -1.52. The van der Waals surface area contributed by atoms with Crippen molar-refractivity contribution in [2.75, 3.05) is 6.54 Å². The van der Waals surface area contributed by atoms with E-state index in [1.54, 1.807) is 37.3 Å². The number of rotatable bonds is 5. The van der Waals surface area contributed by atoms with Crippen molar-refractivity contribution in [1.29, 1.82) is 0 Å². The van der Waals surface area contributed by atoms with Crippen LogP contribution in [0.15, 0.2) is 48.7 Å². The number of hydrogen-bond acceptors (Lipinski definition) is 5. The molecule has 0 saturated heterocycles. The Morgan fingerprint density at radius 3 is 2.48 bits per heavy atom. The number of benzene rings is 1. The molecule has 8 heteroatoms. The van der Waals surface area contributed by atoms with Gasteiger partial charge in [0.05, 0.1) is 5.56 Å². The summed E-state index contributed by atoms with van der Waals surface area (Å²) in [6.45, 7) is 2.07. The Labute approximate surface area is 149 Å². The number of urea groups is 1. The van der Waals surface area contributed by atoms with Crippen molar-refractivity contribution in [2.45, 2.75) is 13.0 Å². The first-order valence-corrected chi connectivity index (χ1v) is 7.85. The number of carbonyl (C=O) groups excluding carboxylic acids is 3. The standard InChI is InChI=1S/C17H16ClN3O4/c1-2-19-17(24)21-15(22)14(11-6-4-3-5-7-11)25-16(23)12-8-9-13(18)20-10-12/h3-10,14H,2H2,1H3,(H2,19,21,22,24)/t14-/m0/s1. The van der Waals surface area contributed by atoms with Crippen LogP contribution in [0, 0.1) is 0 Å². The molecule has 0 saturated carbocycles. The first-order chi connectivity index (χ1) is 12.0. The fourth-order valence-electron chi connectivity index (χ4n) is 1.95. The van der Waals surface area contributed by atoms with Crippen LogP contribution in [0.1, 0.15) is 28.9 Å². The van der Waals surface area contributed by atoms with Crippen molar-refractivity contribution in [2.24, 2.45) is 0 Å². The molecule has 1 heterocycles. The number of hydrogen-bond donors (Lipinski definition) is 2. The molecule has 25 heavy (non-hydrogen) atoms. The van der Waals surface area contributed by atoms with E-state index < -0.39 is 24.0 Å². The average Bonchev–Trinajstić information content (AvgIpc) is 2.61. The molecular weight excluding hydrogens is 346 g/mol. The first-order valence-electron chi connectivity index (χ1n) is 7.47. The lowest BCUT2D eigenvalue weighted by Crippen LogP contribution is -2.42. The van der Waals surface area contributed by atoms with Gasteiger partial charge in [-0.3, -0.25) is 10.1 Å². The van der Waals surface area contributed by atoms with E-state index in [0.717, 1.165) is 0 Å². The molecule has 0 spiro atoms. The van der Waals surface area contributed by atoms with Gasteiger partial charge in [-0.25, -0.2) is 14.6 Å². The maximum Gasteiger partial charge on any atom is 0.340 e. The molecule has 0 radical (unpaired) electrons. The summed E-state index contributed by atoms with van der Waals surface area (Å²) in [4.78, 5) is 40.0. The number of nitrogens with one attached hydrogen (secondary N) is 2. The Kier molecular flexibility index (Phi) is 6.47. The molecule has 0 aliphatic rings. The van der Waals surface area contributed by atoms with Crippen molar-refractivity contribution in [1.82, 2.24) is 15.6 Å².